The van der Waals surface area contributed by atoms with Gasteiger partial charge in [0.25, 0.3) is 5.91 Å². The molecular formula is C24H27N3O4. The van der Waals surface area contributed by atoms with Gasteiger partial charge in [-0.1, -0.05) is 18.5 Å². The molecule has 1 aliphatic rings. The second-order valence-corrected chi connectivity index (χ2v) is 7.57. The first kappa shape index (κ1) is 20.9. The summed E-state index contributed by atoms with van der Waals surface area (Å²) >= 11 is 0. The van der Waals surface area contributed by atoms with Gasteiger partial charge in [0.1, 0.15) is 17.5 Å². The van der Waals surface area contributed by atoms with Crippen molar-refractivity contribution in [3.05, 3.63) is 60.0 Å². The van der Waals surface area contributed by atoms with Crippen molar-refractivity contribution in [3.63, 3.8) is 0 Å². The molecule has 0 unspecified atom stereocenters. The molecule has 7 heteroatoms. The van der Waals surface area contributed by atoms with Crippen LogP contribution in [0.4, 0.5) is 0 Å². The van der Waals surface area contributed by atoms with Crippen LogP contribution in [0, 0.1) is 0 Å². The molecular weight excluding hydrogens is 394 g/mol. The van der Waals surface area contributed by atoms with E-state index in [4.69, 9.17) is 14.0 Å². The van der Waals surface area contributed by atoms with E-state index in [1.807, 2.05) is 53.4 Å². The minimum absolute atomic E-state index is 0.0354. The number of methoxy groups -OCH3 is 1. The molecule has 1 amide bonds. The lowest BCUT2D eigenvalue weighted by Crippen LogP contribution is -2.30. The summed E-state index contributed by atoms with van der Waals surface area (Å²) in [6, 6.07) is 14.6. The zero-order valence-corrected chi connectivity index (χ0v) is 17.9. The third kappa shape index (κ3) is 4.71. The predicted octanol–water partition coefficient (Wildman–Crippen LogP) is 4.90. The molecule has 1 fully saturated rings. The molecule has 1 aromatic heterocycles. The number of unbranched alkanes of at least 4 members (excludes halogenated alkanes) is 1. The van der Waals surface area contributed by atoms with E-state index in [1.165, 1.54) is 0 Å². The van der Waals surface area contributed by atoms with Gasteiger partial charge in [-0.25, -0.2) is 0 Å². The molecule has 0 bridgehead atoms. The second kappa shape index (κ2) is 9.64. The Morgan fingerprint density at radius 2 is 1.87 bits per heavy atom. The van der Waals surface area contributed by atoms with E-state index < -0.39 is 0 Å². The highest BCUT2D eigenvalue weighted by molar-refractivity contribution is 5.94. The SMILES string of the molecule is CCCCOc1ccc(C(=O)N2CCC[C@H]2c2nc(-c3ccc(OC)cc3)no2)cc1. The van der Waals surface area contributed by atoms with Crippen molar-refractivity contribution >= 4 is 5.91 Å². The maximum Gasteiger partial charge on any atom is 0.254 e. The van der Waals surface area contributed by atoms with E-state index in [-0.39, 0.29) is 11.9 Å². The lowest BCUT2D eigenvalue weighted by Gasteiger charge is -2.22. The van der Waals surface area contributed by atoms with Crippen molar-refractivity contribution < 1.29 is 18.8 Å². The molecule has 0 N–H and O–H groups in total. The Morgan fingerprint density at radius 1 is 1.13 bits per heavy atom. The van der Waals surface area contributed by atoms with Crippen LogP contribution in [-0.4, -0.2) is 41.2 Å². The number of likely N-dealkylation sites (tertiary alicyclic amines) is 1. The molecule has 4 rings (SSSR count). The second-order valence-electron chi connectivity index (χ2n) is 7.57. The normalized spacial score (nSPS) is 15.8. The van der Waals surface area contributed by atoms with Crippen LogP contribution < -0.4 is 9.47 Å². The van der Waals surface area contributed by atoms with Crippen molar-refractivity contribution in [1.29, 1.82) is 0 Å². The van der Waals surface area contributed by atoms with E-state index >= 15 is 0 Å². The Kier molecular flexibility index (Phi) is 6.50. The van der Waals surface area contributed by atoms with Crippen LogP contribution in [0.25, 0.3) is 11.4 Å². The van der Waals surface area contributed by atoms with Crippen LogP contribution in [0.1, 0.15) is 54.9 Å². The van der Waals surface area contributed by atoms with E-state index in [0.717, 1.165) is 42.7 Å². The van der Waals surface area contributed by atoms with Crippen molar-refractivity contribution in [1.82, 2.24) is 15.0 Å². The number of hydrogen-bond donors (Lipinski definition) is 0. The standard InChI is InChI=1S/C24H27N3O4/c1-3-4-16-30-20-13-9-18(10-14-20)24(28)27-15-5-6-21(27)23-25-22(26-31-23)17-7-11-19(29-2)12-8-17/h7-14,21H,3-6,15-16H2,1-2H3/t21-/m0/s1. The van der Waals surface area contributed by atoms with Gasteiger partial charge in [0.05, 0.1) is 13.7 Å². The molecule has 0 spiro atoms. The van der Waals surface area contributed by atoms with Crippen LogP contribution in [-0.2, 0) is 0 Å². The van der Waals surface area contributed by atoms with Crippen molar-refractivity contribution in [2.24, 2.45) is 0 Å². The monoisotopic (exact) mass is 421 g/mol. The molecule has 1 atom stereocenters. The number of ether oxygens (including phenoxy) is 2. The minimum atomic E-state index is -0.215. The number of nitrogens with zero attached hydrogens (tertiary/aromatic N) is 3. The Balaban J connectivity index is 1.46. The van der Waals surface area contributed by atoms with Crippen LogP contribution >= 0.6 is 0 Å². The lowest BCUT2D eigenvalue weighted by atomic mass is 10.1. The van der Waals surface area contributed by atoms with Crippen LogP contribution in [0.5, 0.6) is 11.5 Å². The average Bonchev–Trinajstić information content (AvgIpc) is 3.49. The van der Waals surface area contributed by atoms with E-state index in [0.29, 0.717) is 30.4 Å². The van der Waals surface area contributed by atoms with Gasteiger partial charge in [-0.15, -0.1) is 0 Å². The summed E-state index contributed by atoms with van der Waals surface area (Å²) in [4.78, 5) is 19.5. The van der Waals surface area contributed by atoms with Crippen molar-refractivity contribution in [2.45, 2.75) is 38.6 Å². The zero-order chi connectivity index (χ0) is 21.6. The van der Waals surface area contributed by atoms with Crippen LogP contribution in [0.2, 0.25) is 0 Å². The molecule has 2 aromatic carbocycles. The zero-order valence-electron chi connectivity index (χ0n) is 17.9. The molecule has 1 aliphatic heterocycles. The smallest absolute Gasteiger partial charge is 0.254 e. The summed E-state index contributed by atoms with van der Waals surface area (Å²) in [6.07, 6.45) is 3.80. The van der Waals surface area contributed by atoms with E-state index in [1.54, 1.807) is 7.11 Å². The van der Waals surface area contributed by atoms with Crippen LogP contribution in [0.3, 0.4) is 0 Å². The quantitative estimate of drug-likeness (QED) is 0.481. The molecule has 2 heterocycles. The summed E-state index contributed by atoms with van der Waals surface area (Å²) in [6.45, 7) is 3.48. The predicted molar refractivity (Wildman–Crippen MR) is 116 cm³/mol. The number of hydrogen-bond acceptors (Lipinski definition) is 6. The Hall–Kier alpha value is -3.35. The molecule has 1 saturated heterocycles. The molecule has 0 radical (unpaired) electrons. The van der Waals surface area contributed by atoms with Gasteiger partial charge in [-0.05, 0) is 67.8 Å². The molecule has 31 heavy (non-hydrogen) atoms. The maximum absolute atomic E-state index is 13.1. The topological polar surface area (TPSA) is 77.7 Å². The molecule has 0 aliphatic carbocycles. The summed E-state index contributed by atoms with van der Waals surface area (Å²) in [7, 11) is 1.63. The maximum atomic E-state index is 13.1. The van der Waals surface area contributed by atoms with Gasteiger partial charge in [0.2, 0.25) is 11.7 Å². The fraction of sp³-hybridized carbons (Fsp3) is 0.375. The number of benzene rings is 2. The van der Waals surface area contributed by atoms with E-state index in [9.17, 15) is 4.79 Å². The Bertz CT molecular complexity index is 998. The summed E-state index contributed by atoms with van der Waals surface area (Å²) < 4.78 is 16.4. The third-order valence-electron chi connectivity index (χ3n) is 5.46. The minimum Gasteiger partial charge on any atom is -0.497 e. The van der Waals surface area contributed by atoms with Gasteiger partial charge >= 0.3 is 0 Å². The Morgan fingerprint density at radius 3 is 2.58 bits per heavy atom. The van der Waals surface area contributed by atoms with Gasteiger partial charge in [0.15, 0.2) is 0 Å². The Labute approximate surface area is 182 Å². The highest BCUT2D eigenvalue weighted by atomic mass is 16.5. The number of carbonyl (C=O) groups excluding carboxylic acids is 1. The number of carbonyl (C=O) groups is 1. The highest BCUT2D eigenvalue weighted by Crippen LogP contribution is 2.33. The first-order valence-corrected chi connectivity index (χ1v) is 10.7. The van der Waals surface area contributed by atoms with Gasteiger partial charge in [0, 0.05) is 17.7 Å². The van der Waals surface area contributed by atoms with Gasteiger partial charge < -0.3 is 18.9 Å². The number of amides is 1. The lowest BCUT2D eigenvalue weighted by molar-refractivity contribution is 0.0710. The summed E-state index contributed by atoms with van der Waals surface area (Å²) in [5.41, 5.74) is 1.47. The molecule has 3 aromatic rings. The fourth-order valence-corrected chi connectivity index (χ4v) is 3.69. The average molecular weight is 421 g/mol. The number of aromatic nitrogens is 2. The number of rotatable bonds is 8. The van der Waals surface area contributed by atoms with Gasteiger partial charge in [-0.2, -0.15) is 4.98 Å². The molecule has 7 nitrogen and oxygen atoms in total. The van der Waals surface area contributed by atoms with Crippen LogP contribution in [0.15, 0.2) is 53.1 Å². The van der Waals surface area contributed by atoms with Gasteiger partial charge in [-0.3, -0.25) is 4.79 Å². The summed E-state index contributed by atoms with van der Waals surface area (Å²) in [5, 5.41) is 4.12. The first-order chi connectivity index (χ1) is 15.2. The van der Waals surface area contributed by atoms with E-state index in [2.05, 4.69) is 17.1 Å². The summed E-state index contributed by atoms with van der Waals surface area (Å²) in [5.74, 6) is 2.49. The largest absolute Gasteiger partial charge is 0.497 e. The highest BCUT2D eigenvalue weighted by Gasteiger charge is 2.34. The van der Waals surface area contributed by atoms with Crippen molar-refractivity contribution in [2.75, 3.05) is 20.3 Å². The first-order valence-electron chi connectivity index (χ1n) is 10.7. The van der Waals surface area contributed by atoms with Crippen molar-refractivity contribution in [3.8, 4) is 22.9 Å². The fourth-order valence-electron chi connectivity index (χ4n) is 3.69. The molecule has 162 valence electrons. The third-order valence-corrected chi connectivity index (χ3v) is 5.46. The molecule has 0 saturated carbocycles.